The lowest BCUT2D eigenvalue weighted by atomic mass is 9.61. The Balaban J connectivity index is 2.28. The number of ketones is 1. The Bertz CT molecular complexity index is 907. The Morgan fingerprint density at radius 1 is 1.21 bits per heavy atom. The minimum absolute atomic E-state index is 0.105. The second-order valence-corrected chi connectivity index (χ2v) is 9.26. The van der Waals surface area contributed by atoms with E-state index in [9.17, 15) is 33.2 Å². The van der Waals surface area contributed by atoms with Crippen LogP contribution in [0.5, 0.6) is 0 Å². The number of fused-ring (bicyclic) bond motifs is 1. The summed E-state index contributed by atoms with van der Waals surface area (Å²) in [4.78, 5) is 37.5. The van der Waals surface area contributed by atoms with Crippen LogP contribution in [-0.4, -0.2) is 43.9 Å². The zero-order chi connectivity index (χ0) is 21.7. The molecule has 9 heteroatoms. The van der Waals surface area contributed by atoms with Crippen molar-refractivity contribution in [3.05, 3.63) is 30.1 Å². The first-order valence-electron chi connectivity index (χ1n) is 9.52. The maximum atomic E-state index is 14.4. The number of rotatable bonds is 8. The molecular formula is C20H24FNO6S. The van der Waals surface area contributed by atoms with E-state index < -0.39 is 74.7 Å². The van der Waals surface area contributed by atoms with Gasteiger partial charge < -0.3 is 15.9 Å². The van der Waals surface area contributed by atoms with Crippen molar-refractivity contribution in [3.8, 4) is 0 Å². The molecule has 2 aliphatic carbocycles. The molecule has 1 aromatic rings. The fraction of sp³-hybridized carbons (Fsp3) is 0.550. The average Bonchev–Trinajstić information content (AvgIpc) is 3.29. The average molecular weight is 425 g/mol. The lowest BCUT2D eigenvalue weighted by molar-refractivity contribution is -0.165. The zero-order valence-electron chi connectivity index (χ0n) is 16.1. The van der Waals surface area contributed by atoms with Crippen molar-refractivity contribution in [1.82, 2.24) is 0 Å². The molecule has 0 spiro atoms. The summed E-state index contributed by atoms with van der Waals surface area (Å²) in [5, 5.41) is 19.1. The van der Waals surface area contributed by atoms with Crippen LogP contribution in [0, 0.1) is 34.4 Å². The summed E-state index contributed by atoms with van der Waals surface area (Å²) in [5.74, 6) is -7.05. The van der Waals surface area contributed by atoms with Crippen LogP contribution in [0.2, 0.25) is 0 Å². The number of Topliss-reactive ketones (excluding diaryl/α,β-unsaturated/α-hetero) is 1. The van der Waals surface area contributed by atoms with E-state index in [-0.39, 0.29) is 17.7 Å². The van der Waals surface area contributed by atoms with Crippen LogP contribution in [0.1, 0.15) is 26.7 Å². The van der Waals surface area contributed by atoms with Gasteiger partial charge >= 0.3 is 11.9 Å². The van der Waals surface area contributed by atoms with Crippen LogP contribution in [0.15, 0.2) is 29.2 Å². The molecule has 3 rings (SSSR count). The van der Waals surface area contributed by atoms with E-state index in [0.29, 0.717) is 0 Å². The van der Waals surface area contributed by atoms with Gasteiger partial charge in [0.2, 0.25) is 0 Å². The van der Waals surface area contributed by atoms with Gasteiger partial charge in [0, 0.05) is 10.7 Å². The summed E-state index contributed by atoms with van der Waals surface area (Å²) in [6.07, 6.45) is 0.279. The van der Waals surface area contributed by atoms with Crippen LogP contribution < -0.4 is 5.73 Å². The number of carboxylic acid groups (broad SMARTS) is 2. The minimum Gasteiger partial charge on any atom is -0.481 e. The molecule has 7 atom stereocenters. The summed E-state index contributed by atoms with van der Waals surface area (Å²) in [6, 6.07) is 5.44. The van der Waals surface area contributed by atoms with Gasteiger partial charge in [0.05, 0.1) is 28.2 Å². The number of nitrogens with two attached hydrogens (primary N) is 1. The molecule has 0 radical (unpaired) electrons. The molecule has 4 N–H and O–H groups in total. The Hall–Kier alpha value is -2.13. The number of halogens is 1. The molecule has 2 aliphatic rings. The Morgan fingerprint density at radius 3 is 2.28 bits per heavy atom. The molecule has 1 aromatic carbocycles. The highest BCUT2D eigenvalue weighted by molar-refractivity contribution is 7.85. The van der Waals surface area contributed by atoms with Crippen molar-refractivity contribution >= 4 is 28.5 Å². The second-order valence-electron chi connectivity index (χ2n) is 7.68. The maximum absolute atomic E-state index is 14.4. The van der Waals surface area contributed by atoms with Gasteiger partial charge in [-0.2, -0.15) is 0 Å². The molecule has 7 unspecified atom stereocenters. The second kappa shape index (κ2) is 7.28. The van der Waals surface area contributed by atoms with E-state index in [0.717, 1.165) is 6.07 Å². The smallest absolute Gasteiger partial charge is 0.318 e. The minimum atomic E-state index is -2.06. The molecular weight excluding hydrogens is 401 g/mol. The summed E-state index contributed by atoms with van der Waals surface area (Å²) >= 11 is 0. The molecule has 0 heterocycles. The monoisotopic (exact) mass is 425 g/mol. The predicted octanol–water partition coefficient (Wildman–Crippen LogP) is 1.67. The van der Waals surface area contributed by atoms with E-state index in [2.05, 4.69) is 0 Å². The van der Waals surface area contributed by atoms with E-state index >= 15 is 0 Å². The van der Waals surface area contributed by atoms with E-state index in [1.165, 1.54) is 18.2 Å². The standard InChI is InChI=1S/C20H24FNO6S/c1-3-10-16(29(28)12-8-6-5-7-11(12)21)14-15(17(24)25)19(14,4-2)20(10,18(26)27)13(23)9-22/h5-8,10,14-16H,3-4,9,22H2,1-2H3,(H,24,25)(H,26,27). The lowest BCUT2D eigenvalue weighted by Gasteiger charge is -2.40. The maximum Gasteiger partial charge on any atom is 0.318 e. The summed E-state index contributed by atoms with van der Waals surface area (Å²) in [5.41, 5.74) is 2.11. The number of carboxylic acids is 2. The van der Waals surface area contributed by atoms with Crippen molar-refractivity contribution in [2.24, 2.45) is 34.3 Å². The highest BCUT2D eigenvalue weighted by Crippen LogP contribution is 2.81. The van der Waals surface area contributed by atoms with Crippen molar-refractivity contribution in [2.45, 2.75) is 36.8 Å². The van der Waals surface area contributed by atoms with Gasteiger partial charge in [-0.3, -0.25) is 18.6 Å². The summed E-state index contributed by atoms with van der Waals surface area (Å²) < 4.78 is 27.8. The van der Waals surface area contributed by atoms with Gasteiger partial charge in [-0.1, -0.05) is 32.4 Å². The van der Waals surface area contributed by atoms with Crippen molar-refractivity contribution < 1.29 is 33.2 Å². The van der Waals surface area contributed by atoms with Crippen LogP contribution in [0.3, 0.4) is 0 Å². The third-order valence-electron chi connectivity index (χ3n) is 6.99. The molecule has 0 aromatic heterocycles. The highest BCUT2D eigenvalue weighted by Gasteiger charge is 2.89. The normalized spacial score (nSPS) is 36.3. The predicted molar refractivity (Wildman–Crippen MR) is 102 cm³/mol. The van der Waals surface area contributed by atoms with Crippen LogP contribution >= 0.6 is 0 Å². The van der Waals surface area contributed by atoms with Crippen LogP contribution in [-0.2, 0) is 25.2 Å². The van der Waals surface area contributed by atoms with Gasteiger partial charge in [0.25, 0.3) is 0 Å². The Kier molecular flexibility index (Phi) is 5.42. The Morgan fingerprint density at radius 2 is 1.83 bits per heavy atom. The van der Waals surface area contributed by atoms with Gasteiger partial charge in [0.1, 0.15) is 11.2 Å². The first-order valence-corrected chi connectivity index (χ1v) is 10.7. The number of aliphatic carboxylic acids is 2. The van der Waals surface area contributed by atoms with Crippen molar-refractivity contribution in [2.75, 3.05) is 6.54 Å². The van der Waals surface area contributed by atoms with Gasteiger partial charge in [-0.05, 0) is 30.4 Å². The fourth-order valence-electron chi connectivity index (χ4n) is 6.09. The largest absolute Gasteiger partial charge is 0.481 e. The number of carbonyl (C=O) groups is 3. The van der Waals surface area contributed by atoms with Crippen LogP contribution in [0.25, 0.3) is 0 Å². The number of carbonyl (C=O) groups excluding carboxylic acids is 1. The topological polar surface area (TPSA) is 135 Å². The Labute approximate surface area is 169 Å². The third kappa shape index (κ3) is 2.49. The van der Waals surface area contributed by atoms with Gasteiger partial charge in [-0.15, -0.1) is 0 Å². The molecule has 158 valence electrons. The number of hydrogen-bond acceptors (Lipinski definition) is 5. The van der Waals surface area contributed by atoms with E-state index in [4.69, 9.17) is 5.73 Å². The molecule has 0 amide bonds. The molecule has 2 saturated carbocycles. The molecule has 0 saturated heterocycles. The number of benzene rings is 1. The molecule has 7 nitrogen and oxygen atoms in total. The lowest BCUT2D eigenvalue weighted by Crippen LogP contribution is -2.55. The van der Waals surface area contributed by atoms with Crippen LogP contribution in [0.4, 0.5) is 4.39 Å². The quantitative estimate of drug-likeness (QED) is 0.539. The summed E-state index contributed by atoms with van der Waals surface area (Å²) in [6.45, 7) is 2.74. The van der Waals surface area contributed by atoms with E-state index in [1.807, 2.05) is 0 Å². The van der Waals surface area contributed by atoms with Crippen molar-refractivity contribution in [3.63, 3.8) is 0 Å². The molecule has 0 aliphatic heterocycles. The first-order chi connectivity index (χ1) is 13.7. The molecule has 2 fully saturated rings. The highest BCUT2D eigenvalue weighted by atomic mass is 32.2. The SMILES string of the molecule is CCC1C(S(=O)c2ccccc2F)C2C(C(=O)O)C2(CC)C1(C(=O)O)C(=O)CN. The summed E-state index contributed by atoms with van der Waals surface area (Å²) in [7, 11) is -2.03. The fourth-order valence-corrected chi connectivity index (χ4v) is 8.22. The zero-order valence-corrected chi connectivity index (χ0v) is 16.9. The first kappa shape index (κ1) is 21.6. The van der Waals surface area contributed by atoms with Gasteiger partial charge in [0.15, 0.2) is 5.78 Å². The third-order valence-corrected chi connectivity index (χ3v) is 8.88. The number of hydrogen-bond donors (Lipinski definition) is 3. The van der Waals surface area contributed by atoms with Crippen molar-refractivity contribution in [1.29, 1.82) is 0 Å². The molecule has 0 bridgehead atoms. The van der Waals surface area contributed by atoms with E-state index in [1.54, 1.807) is 13.8 Å². The molecule has 29 heavy (non-hydrogen) atoms. The van der Waals surface area contributed by atoms with Gasteiger partial charge in [-0.25, -0.2) is 4.39 Å².